The van der Waals surface area contributed by atoms with Crippen LogP contribution in [0.15, 0.2) is 24.7 Å². The molecule has 0 radical (unpaired) electrons. The molecule has 1 N–H and O–H groups in total. The van der Waals surface area contributed by atoms with Gasteiger partial charge >= 0.3 is 0 Å². The second-order valence-electron chi connectivity index (χ2n) is 5.56. The number of likely N-dealkylation sites (tertiary alicyclic amines) is 1. The zero-order valence-corrected chi connectivity index (χ0v) is 13.0. The van der Waals surface area contributed by atoms with E-state index in [2.05, 4.69) is 10.1 Å². The Balaban J connectivity index is 1.70. The number of amides is 1. The molecule has 3 heterocycles. The first-order chi connectivity index (χ1) is 10.5. The molecule has 0 aliphatic carbocycles. The van der Waals surface area contributed by atoms with E-state index >= 15 is 0 Å². The normalized spacial score (nSPS) is 17.9. The lowest BCUT2D eigenvalue weighted by Gasteiger charge is -2.23. The SMILES string of the molecule is Cn1cc(C(=O)CC2CCCN2C(=O)c2cc(Cl)c[nH]2)cn1. The maximum atomic E-state index is 12.5. The maximum Gasteiger partial charge on any atom is 0.270 e. The van der Waals surface area contributed by atoms with Crippen LogP contribution in [0.5, 0.6) is 0 Å². The van der Waals surface area contributed by atoms with Gasteiger partial charge in [0.1, 0.15) is 5.69 Å². The molecule has 1 aliphatic heterocycles. The molecule has 0 bridgehead atoms. The molecule has 116 valence electrons. The molecule has 7 heteroatoms. The minimum absolute atomic E-state index is 0.0160. The Labute approximate surface area is 133 Å². The smallest absolute Gasteiger partial charge is 0.270 e. The van der Waals surface area contributed by atoms with Gasteiger partial charge in [-0.1, -0.05) is 11.6 Å². The topological polar surface area (TPSA) is 71.0 Å². The Kier molecular flexibility index (Phi) is 4.02. The molecule has 3 rings (SSSR count). The van der Waals surface area contributed by atoms with Crippen LogP contribution in [0.2, 0.25) is 5.02 Å². The van der Waals surface area contributed by atoms with Crippen LogP contribution in [0.3, 0.4) is 0 Å². The van der Waals surface area contributed by atoms with Gasteiger partial charge in [0.2, 0.25) is 0 Å². The standard InChI is InChI=1S/C15H17ClN4O2/c1-19-9-10(7-18-19)14(21)6-12-3-2-4-20(12)15(22)13-5-11(16)8-17-13/h5,7-9,12,17H,2-4,6H2,1H3. The molecule has 1 aliphatic rings. The van der Waals surface area contributed by atoms with Gasteiger partial charge in [0.15, 0.2) is 5.78 Å². The van der Waals surface area contributed by atoms with Gasteiger partial charge in [0.25, 0.3) is 5.91 Å². The molecule has 1 unspecified atom stereocenters. The number of aryl methyl sites for hydroxylation is 1. The second kappa shape index (κ2) is 5.96. The highest BCUT2D eigenvalue weighted by molar-refractivity contribution is 6.30. The number of carbonyl (C=O) groups excluding carboxylic acids is 2. The summed E-state index contributed by atoms with van der Waals surface area (Å²) in [7, 11) is 1.77. The number of carbonyl (C=O) groups is 2. The van der Waals surface area contributed by atoms with Crippen LogP contribution < -0.4 is 0 Å². The molecule has 0 saturated carbocycles. The van der Waals surface area contributed by atoms with Crippen molar-refractivity contribution in [2.24, 2.45) is 7.05 Å². The number of aromatic amines is 1. The summed E-state index contributed by atoms with van der Waals surface area (Å²) in [5.74, 6) is -0.0873. The Hall–Kier alpha value is -2.08. The van der Waals surface area contributed by atoms with Crippen LogP contribution in [0.25, 0.3) is 0 Å². The van der Waals surface area contributed by atoms with Gasteiger partial charge in [0.05, 0.1) is 16.8 Å². The molecule has 2 aromatic rings. The lowest BCUT2D eigenvalue weighted by atomic mass is 10.0. The summed E-state index contributed by atoms with van der Waals surface area (Å²) in [4.78, 5) is 29.4. The van der Waals surface area contributed by atoms with Crippen molar-refractivity contribution in [1.82, 2.24) is 19.7 Å². The Morgan fingerprint density at radius 2 is 2.32 bits per heavy atom. The van der Waals surface area contributed by atoms with E-state index in [0.717, 1.165) is 12.8 Å². The van der Waals surface area contributed by atoms with E-state index in [1.807, 2.05) is 0 Å². The van der Waals surface area contributed by atoms with Gasteiger partial charge in [-0.05, 0) is 18.9 Å². The third kappa shape index (κ3) is 2.92. The molecule has 1 atom stereocenters. The molecule has 6 nitrogen and oxygen atoms in total. The first-order valence-corrected chi connectivity index (χ1v) is 7.59. The van der Waals surface area contributed by atoms with E-state index in [9.17, 15) is 9.59 Å². The summed E-state index contributed by atoms with van der Waals surface area (Å²) in [6, 6.07) is 1.55. The summed E-state index contributed by atoms with van der Waals surface area (Å²) in [5.41, 5.74) is 1.05. The van der Waals surface area contributed by atoms with Gasteiger partial charge < -0.3 is 9.88 Å². The molecule has 22 heavy (non-hydrogen) atoms. The van der Waals surface area contributed by atoms with E-state index in [4.69, 9.17) is 11.6 Å². The average Bonchev–Trinajstić information content (AvgIpc) is 3.19. The summed E-state index contributed by atoms with van der Waals surface area (Å²) in [6.07, 6.45) is 6.92. The lowest BCUT2D eigenvalue weighted by Crippen LogP contribution is -2.37. The summed E-state index contributed by atoms with van der Waals surface area (Å²) in [6.45, 7) is 0.667. The summed E-state index contributed by atoms with van der Waals surface area (Å²) >= 11 is 5.85. The molecule has 1 fully saturated rings. The van der Waals surface area contributed by atoms with Gasteiger partial charge in [0, 0.05) is 38.4 Å². The van der Waals surface area contributed by atoms with E-state index in [1.165, 1.54) is 0 Å². The van der Waals surface area contributed by atoms with Gasteiger partial charge in [-0.15, -0.1) is 0 Å². The van der Waals surface area contributed by atoms with Crippen molar-refractivity contribution >= 4 is 23.3 Å². The third-order valence-corrected chi connectivity index (χ3v) is 4.18. The number of hydrogen-bond acceptors (Lipinski definition) is 3. The number of Topliss-reactive ketones (excluding diaryl/α,β-unsaturated/α-hetero) is 1. The molecule has 2 aromatic heterocycles. The highest BCUT2D eigenvalue weighted by Crippen LogP contribution is 2.24. The molecule has 1 saturated heterocycles. The monoisotopic (exact) mass is 320 g/mol. The van der Waals surface area contributed by atoms with Crippen molar-refractivity contribution in [3.63, 3.8) is 0 Å². The Morgan fingerprint density at radius 3 is 2.95 bits per heavy atom. The van der Waals surface area contributed by atoms with Gasteiger partial charge in [-0.3, -0.25) is 14.3 Å². The van der Waals surface area contributed by atoms with Crippen LogP contribution in [0.4, 0.5) is 0 Å². The predicted octanol–water partition coefficient (Wildman–Crippen LogP) is 2.28. The maximum absolute atomic E-state index is 12.5. The fourth-order valence-electron chi connectivity index (χ4n) is 2.86. The number of aromatic nitrogens is 3. The van der Waals surface area contributed by atoms with Crippen LogP contribution in [-0.2, 0) is 7.05 Å². The number of rotatable bonds is 4. The zero-order chi connectivity index (χ0) is 15.7. The van der Waals surface area contributed by atoms with Crippen LogP contribution >= 0.6 is 11.6 Å². The van der Waals surface area contributed by atoms with E-state index in [0.29, 0.717) is 29.2 Å². The van der Waals surface area contributed by atoms with Crippen LogP contribution in [0.1, 0.15) is 40.1 Å². The quantitative estimate of drug-likeness (QED) is 0.878. The predicted molar refractivity (Wildman–Crippen MR) is 82.0 cm³/mol. The molecular formula is C15H17ClN4O2. The van der Waals surface area contributed by atoms with Gasteiger partial charge in [-0.2, -0.15) is 5.10 Å². The number of nitrogens with zero attached hydrogens (tertiary/aromatic N) is 3. The van der Waals surface area contributed by atoms with Crippen molar-refractivity contribution in [2.45, 2.75) is 25.3 Å². The molecule has 1 amide bonds. The third-order valence-electron chi connectivity index (χ3n) is 3.96. The van der Waals surface area contributed by atoms with Crippen molar-refractivity contribution in [2.75, 3.05) is 6.54 Å². The van der Waals surface area contributed by atoms with E-state index < -0.39 is 0 Å². The van der Waals surface area contributed by atoms with Crippen molar-refractivity contribution in [3.8, 4) is 0 Å². The van der Waals surface area contributed by atoms with Crippen molar-refractivity contribution in [1.29, 1.82) is 0 Å². The number of H-pyrrole nitrogens is 1. The number of ketones is 1. The van der Waals surface area contributed by atoms with Crippen LogP contribution in [0, 0.1) is 0 Å². The first kappa shape index (κ1) is 14.8. The van der Waals surface area contributed by atoms with E-state index in [-0.39, 0.29) is 17.7 Å². The highest BCUT2D eigenvalue weighted by atomic mass is 35.5. The fourth-order valence-corrected chi connectivity index (χ4v) is 3.02. The minimum atomic E-state index is -0.103. The molecule has 0 aromatic carbocycles. The number of halogens is 1. The molecule has 0 spiro atoms. The van der Waals surface area contributed by atoms with Crippen molar-refractivity contribution < 1.29 is 9.59 Å². The van der Waals surface area contributed by atoms with Crippen molar-refractivity contribution in [3.05, 3.63) is 40.9 Å². The average molecular weight is 321 g/mol. The van der Waals surface area contributed by atoms with Gasteiger partial charge in [-0.25, -0.2) is 0 Å². The Morgan fingerprint density at radius 1 is 1.50 bits per heavy atom. The molecular weight excluding hydrogens is 304 g/mol. The summed E-state index contributed by atoms with van der Waals surface area (Å²) in [5, 5.41) is 4.52. The Bertz CT molecular complexity index is 706. The minimum Gasteiger partial charge on any atom is -0.356 e. The first-order valence-electron chi connectivity index (χ1n) is 7.21. The number of nitrogens with one attached hydrogen (secondary N) is 1. The van der Waals surface area contributed by atoms with E-state index in [1.54, 1.807) is 41.3 Å². The fraction of sp³-hybridized carbons (Fsp3) is 0.400. The van der Waals surface area contributed by atoms with Crippen LogP contribution in [-0.4, -0.2) is 43.9 Å². The number of hydrogen-bond donors (Lipinski definition) is 1. The summed E-state index contributed by atoms with van der Waals surface area (Å²) < 4.78 is 1.60. The largest absolute Gasteiger partial charge is 0.356 e. The highest BCUT2D eigenvalue weighted by Gasteiger charge is 2.32. The lowest BCUT2D eigenvalue weighted by molar-refractivity contribution is 0.0712. The second-order valence-corrected chi connectivity index (χ2v) is 5.99. The zero-order valence-electron chi connectivity index (χ0n) is 12.3.